The normalized spacial score (nSPS) is 10.6. The fraction of sp³-hybridized carbons (Fsp3) is 0.111. The molecule has 2 rings (SSSR count). The third-order valence-electron chi connectivity index (χ3n) is 1.95. The Bertz CT molecular complexity index is 584. The molecular formula is C9H6Cl2N2OS2. The van der Waals surface area contributed by atoms with Crippen molar-refractivity contribution in [2.24, 2.45) is 0 Å². The lowest BCUT2D eigenvalue weighted by molar-refractivity contribution is 0.0971. The van der Waals surface area contributed by atoms with Crippen LogP contribution in [0.2, 0.25) is 8.67 Å². The first kappa shape index (κ1) is 11.9. The van der Waals surface area contributed by atoms with Gasteiger partial charge in [-0.3, -0.25) is 10.2 Å². The van der Waals surface area contributed by atoms with Gasteiger partial charge < -0.3 is 4.57 Å². The molecule has 0 aromatic carbocycles. The van der Waals surface area contributed by atoms with Crippen LogP contribution in [0, 0.1) is 5.41 Å². The van der Waals surface area contributed by atoms with E-state index in [0.717, 1.165) is 0 Å². The summed E-state index contributed by atoms with van der Waals surface area (Å²) in [6.07, 6.45) is 1.70. The number of thiophene rings is 1. The Kier molecular flexibility index (Phi) is 3.49. The predicted octanol–water partition coefficient (Wildman–Crippen LogP) is 3.28. The number of nitrogens with one attached hydrogen (secondary N) is 1. The van der Waals surface area contributed by atoms with E-state index in [1.165, 1.54) is 22.7 Å². The average molecular weight is 293 g/mol. The summed E-state index contributed by atoms with van der Waals surface area (Å²) < 4.78 is 2.46. The van der Waals surface area contributed by atoms with Gasteiger partial charge >= 0.3 is 0 Å². The maximum atomic E-state index is 11.9. The summed E-state index contributed by atoms with van der Waals surface area (Å²) in [5.41, 5.74) is 0.426. The second-order valence-electron chi connectivity index (χ2n) is 3.00. The van der Waals surface area contributed by atoms with Gasteiger partial charge in [0.1, 0.15) is 4.34 Å². The molecule has 0 spiro atoms. The van der Waals surface area contributed by atoms with Crippen LogP contribution in [-0.4, -0.2) is 10.4 Å². The Labute approximate surface area is 109 Å². The zero-order chi connectivity index (χ0) is 11.7. The minimum Gasteiger partial charge on any atom is -0.316 e. The van der Waals surface area contributed by atoms with Crippen LogP contribution >= 0.6 is 45.9 Å². The first-order valence-corrected chi connectivity index (χ1v) is 6.69. The number of carbonyl (C=O) groups is 1. The van der Waals surface area contributed by atoms with E-state index >= 15 is 0 Å². The molecule has 0 saturated carbocycles. The molecule has 3 nitrogen and oxygen atoms in total. The highest BCUT2D eigenvalue weighted by atomic mass is 35.5. The lowest BCUT2D eigenvalue weighted by atomic mass is 10.2. The van der Waals surface area contributed by atoms with E-state index in [2.05, 4.69) is 0 Å². The number of aromatic nitrogens is 1. The van der Waals surface area contributed by atoms with Gasteiger partial charge in [0.05, 0.1) is 16.4 Å². The van der Waals surface area contributed by atoms with Gasteiger partial charge in [-0.05, 0) is 6.07 Å². The van der Waals surface area contributed by atoms with Gasteiger partial charge in [-0.15, -0.1) is 22.7 Å². The van der Waals surface area contributed by atoms with Crippen molar-refractivity contribution in [3.05, 3.63) is 36.7 Å². The molecule has 0 radical (unpaired) electrons. The van der Waals surface area contributed by atoms with Crippen molar-refractivity contribution in [2.45, 2.75) is 6.54 Å². The molecule has 0 unspecified atom stereocenters. The molecule has 0 aliphatic carbocycles. The van der Waals surface area contributed by atoms with Gasteiger partial charge in [0.15, 0.2) is 10.6 Å². The van der Waals surface area contributed by atoms with E-state index in [0.29, 0.717) is 19.0 Å². The first-order chi connectivity index (χ1) is 7.58. The Morgan fingerprint density at radius 1 is 1.50 bits per heavy atom. The van der Waals surface area contributed by atoms with Gasteiger partial charge in [-0.25, -0.2) is 0 Å². The molecule has 0 aliphatic rings. The number of nitrogens with zero attached hydrogens (tertiary/aromatic N) is 1. The van der Waals surface area contributed by atoms with E-state index in [1.54, 1.807) is 22.2 Å². The van der Waals surface area contributed by atoms with Crippen molar-refractivity contribution in [1.29, 1.82) is 5.41 Å². The maximum Gasteiger partial charge on any atom is 0.184 e. The Morgan fingerprint density at radius 3 is 2.75 bits per heavy atom. The first-order valence-electron chi connectivity index (χ1n) is 4.24. The topological polar surface area (TPSA) is 45.9 Å². The number of Topliss-reactive ketones (excluding diaryl/α,β-unsaturated/α-hetero) is 1. The highest BCUT2D eigenvalue weighted by molar-refractivity contribution is 7.20. The Balaban J connectivity index is 2.24. The molecule has 0 aliphatic heterocycles. The van der Waals surface area contributed by atoms with Crippen LogP contribution < -0.4 is 4.80 Å². The van der Waals surface area contributed by atoms with Gasteiger partial charge in [0, 0.05) is 11.6 Å². The monoisotopic (exact) mass is 292 g/mol. The fourth-order valence-corrected chi connectivity index (χ4v) is 3.30. The summed E-state index contributed by atoms with van der Waals surface area (Å²) >= 11 is 14.1. The molecular weight excluding hydrogens is 287 g/mol. The zero-order valence-electron chi connectivity index (χ0n) is 7.87. The Morgan fingerprint density at radius 2 is 2.25 bits per heavy atom. The lowest BCUT2D eigenvalue weighted by Crippen LogP contribution is -2.18. The number of hydrogen-bond acceptors (Lipinski definition) is 4. The van der Waals surface area contributed by atoms with Crippen LogP contribution in [0.3, 0.4) is 0 Å². The van der Waals surface area contributed by atoms with Crippen molar-refractivity contribution in [2.75, 3.05) is 0 Å². The molecule has 84 valence electrons. The van der Waals surface area contributed by atoms with Gasteiger partial charge in [-0.2, -0.15) is 0 Å². The standard InChI is InChI=1S/C9H6Cl2N2OS2/c10-7-3-5(8(11)16-7)6(14)4-13-1-2-15-9(13)12/h1-3,12H,4H2. The van der Waals surface area contributed by atoms with E-state index < -0.39 is 0 Å². The number of thiazole rings is 1. The molecule has 7 heteroatoms. The number of hydrogen-bond donors (Lipinski definition) is 1. The molecule has 0 saturated heterocycles. The van der Waals surface area contributed by atoms with Crippen LogP contribution in [0.15, 0.2) is 17.6 Å². The second-order valence-corrected chi connectivity index (χ2v) is 6.18. The molecule has 0 bridgehead atoms. The average Bonchev–Trinajstić information content (AvgIpc) is 2.74. The van der Waals surface area contributed by atoms with Gasteiger partial charge in [0.2, 0.25) is 0 Å². The van der Waals surface area contributed by atoms with Gasteiger partial charge in [-0.1, -0.05) is 23.2 Å². The van der Waals surface area contributed by atoms with Crippen LogP contribution in [-0.2, 0) is 6.54 Å². The van der Waals surface area contributed by atoms with Crippen LogP contribution in [0.4, 0.5) is 0 Å². The summed E-state index contributed by atoms with van der Waals surface area (Å²) in [7, 11) is 0. The molecule has 2 aromatic heterocycles. The second kappa shape index (κ2) is 4.71. The third kappa shape index (κ3) is 2.38. The van der Waals surface area contributed by atoms with Crippen molar-refractivity contribution < 1.29 is 4.79 Å². The molecule has 1 N–H and O–H groups in total. The lowest BCUT2D eigenvalue weighted by Gasteiger charge is -2.00. The molecule has 0 amide bonds. The van der Waals surface area contributed by atoms with Crippen molar-refractivity contribution in [3.8, 4) is 0 Å². The predicted molar refractivity (Wildman–Crippen MR) is 66.8 cm³/mol. The third-order valence-corrected chi connectivity index (χ3v) is 4.16. The quantitative estimate of drug-likeness (QED) is 0.867. The van der Waals surface area contributed by atoms with Crippen molar-refractivity contribution in [1.82, 2.24) is 4.57 Å². The Hall–Kier alpha value is -0.620. The van der Waals surface area contributed by atoms with E-state index in [1.807, 2.05) is 0 Å². The number of halogens is 2. The van der Waals surface area contributed by atoms with E-state index in [-0.39, 0.29) is 12.3 Å². The van der Waals surface area contributed by atoms with E-state index in [9.17, 15) is 4.79 Å². The number of rotatable bonds is 3. The minimum atomic E-state index is -0.134. The van der Waals surface area contributed by atoms with Crippen LogP contribution in [0.1, 0.15) is 10.4 Å². The SMILES string of the molecule is N=c1sccn1CC(=O)c1cc(Cl)sc1Cl. The zero-order valence-corrected chi connectivity index (χ0v) is 11.0. The fourth-order valence-electron chi connectivity index (χ4n) is 1.20. The largest absolute Gasteiger partial charge is 0.316 e. The van der Waals surface area contributed by atoms with E-state index in [4.69, 9.17) is 28.6 Å². The molecule has 16 heavy (non-hydrogen) atoms. The number of ketones is 1. The van der Waals surface area contributed by atoms with Crippen molar-refractivity contribution in [3.63, 3.8) is 0 Å². The van der Waals surface area contributed by atoms with Crippen molar-refractivity contribution >= 4 is 51.7 Å². The summed E-state index contributed by atoms with van der Waals surface area (Å²) in [6, 6.07) is 1.56. The smallest absolute Gasteiger partial charge is 0.184 e. The highest BCUT2D eigenvalue weighted by Gasteiger charge is 2.14. The van der Waals surface area contributed by atoms with Crippen LogP contribution in [0.5, 0.6) is 0 Å². The highest BCUT2D eigenvalue weighted by Crippen LogP contribution is 2.31. The summed E-state index contributed by atoms with van der Waals surface area (Å²) in [5, 5.41) is 9.30. The van der Waals surface area contributed by atoms with Gasteiger partial charge in [0.25, 0.3) is 0 Å². The minimum absolute atomic E-state index is 0.120. The molecule has 2 aromatic rings. The van der Waals surface area contributed by atoms with Crippen LogP contribution in [0.25, 0.3) is 0 Å². The maximum absolute atomic E-state index is 11.9. The summed E-state index contributed by atoms with van der Waals surface area (Å²) in [6.45, 7) is 0.120. The molecule has 0 fully saturated rings. The molecule has 0 atom stereocenters. The summed E-state index contributed by atoms with van der Waals surface area (Å²) in [5.74, 6) is -0.134. The number of carbonyl (C=O) groups excluding carboxylic acids is 1. The molecule has 2 heterocycles. The summed E-state index contributed by atoms with van der Waals surface area (Å²) in [4.78, 5) is 12.2.